The van der Waals surface area contributed by atoms with Crippen molar-refractivity contribution in [3.63, 3.8) is 0 Å². The molecule has 0 aromatic carbocycles. The molecule has 18 heavy (non-hydrogen) atoms. The predicted octanol–water partition coefficient (Wildman–Crippen LogP) is -0.468. The van der Waals surface area contributed by atoms with E-state index in [0.29, 0.717) is 19.7 Å². The Labute approximate surface area is 106 Å². The number of rotatable bonds is 6. The van der Waals surface area contributed by atoms with E-state index in [-0.39, 0.29) is 16.5 Å². The first-order chi connectivity index (χ1) is 8.40. The molecule has 0 aliphatic heterocycles. The number of carbonyl (C=O) groups is 1. The molecular weight excluding hydrogens is 258 g/mol. The lowest BCUT2D eigenvalue weighted by atomic mass is 10.4. The Morgan fingerprint density at radius 2 is 2.22 bits per heavy atom. The molecule has 1 rings (SSSR count). The van der Waals surface area contributed by atoms with Gasteiger partial charge in [-0.1, -0.05) is 0 Å². The van der Waals surface area contributed by atoms with Gasteiger partial charge in [-0.05, 0) is 13.0 Å². The molecule has 3 N–H and O–H groups in total. The molecule has 1 heterocycles. The predicted molar refractivity (Wildman–Crippen MR) is 65.7 cm³/mol. The van der Waals surface area contributed by atoms with Crippen LogP contribution in [0.2, 0.25) is 0 Å². The normalized spacial score (nSPS) is 11.5. The summed E-state index contributed by atoms with van der Waals surface area (Å²) in [6.45, 7) is 2.98. The highest BCUT2D eigenvalue weighted by Crippen LogP contribution is 2.13. The fourth-order valence-corrected chi connectivity index (χ4v) is 2.01. The van der Waals surface area contributed by atoms with Gasteiger partial charge in [-0.2, -0.15) is 0 Å². The molecule has 7 nitrogen and oxygen atoms in total. The lowest BCUT2D eigenvalue weighted by Crippen LogP contribution is -2.25. The largest absolute Gasteiger partial charge is 0.383 e. The summed E-state index contributed by atoms with van der Waals surface area (Å²) in [7, 11) is -2.30. The first kappa shape index (κ1) is 14.7. The summed E-state index contributed by atoms with van der Waals surface area (Å²) >= 11 is 0. The first-order valence-corrected chi connectivity index (χ1v) is 6.95. The second-order valence-corrected chi connectivity index (χ2v) is 5.21. The zero-order valence-corrected chi connectivity index (χ0v) is 11.2. The molecule has 0 aliphatic carbocycles. The zero-order chi connectivity index (χ0) is 13.8. The summed E-state index contributed by atoms with van der Waals surface area (Å²) in [5.41, 5.74) is 0.248. The highest BCUT2D eigenvalue weighted by atomic mass is 32.2. The Balaban J connectivity index is 3.12. The maximum Gasteiger partial charge on any atom is 0.267 e. The van der Waals surface area contributed by atoms with E-state index in [0.717, 1.165) is 0 Å². The molecule has 102 valence electrons. The number of amides is 1. The van der Waals surface area contributed by atoms with Crippen molar-refractivity contribution in [3.05, 3.63) is 18.0 Å². The van der Waals surface area contributed by atoms with Crippen LogP contribution in [0.1, 0.15) is 17.4 Å². The Bertz CT molecular complexity index is 521. The topological polar surface area (TPSA) is 103 Å². The zero-order valence-electron chi connectivity index (χ0n) is 10.3. The Morgan fingerprint density at radius 3 is 2.72 bits per heavy atom. The maximum atomic E-state index is 11.8. The number of primary sulfonamides is 1. The molecule has 8 heteroatoms. The van der Waals surface area contributed by atoms with Crippen molar-refractivity contribution in [2.24, 2.45) is 5.14 Å². The molecule has 0 bridgehead atoms. The lowest BCUT2D eigenvalue weighted by Gasteiger charge is -2.07. The summed E-state index contributed by atoms with van der Waals surface area (Å²) in [4.78, 5) is 11.7. The highest BCUT2D eigenvalue weighted by molar-refractivity contribution is 7.89. The van der Waals surface area contributed by atoms with E-state index in [1.54, 1.807) is 6.92 Å². The van der Waals surface area contributed by atoms with E-state index in [4.69, 9.17) is 9.88 Å². The van der Waals surface area contributed by atoms with Crippen molar-refractivity contribution in [2.75, 3.05) is 20.3 Å². The molecule has 1 aromatic heterocycles. The van der Waals surface area contributed by atoms with Gasteiger partial charge in [0.15, 0.2) is 0 Å². The summed E-state index contributed by atoms with van der Waals surface area (Å²) in [6.07, 6.45) is 1.33. The number of hydrogen-bond acceptors (Lipinski definition) is 4. The molecule has 0 aliphatic rings. The molecule has 0 atom stereocenters. The molecule has 0 fully saturated rings. The number of nitrogens with zero attached hydrogens (tertiary/aromatic N) is 1. The van der Waals surface area contributed by atoms with Gasteiger partial charge in [0.05, 0.1) is 6.61 Å². The average Bonchev–Trinajstić information content (AvgIpc) is 2.70. The second kappa shape index (κ2) is 5.98. The van der Waals surface area contributed by atoms with Gasteiger partial charge in [0, 0.05) is 26.4 Å². The third kappa shape index (κ3) is 3.56. The van der Waals surface area contributed by atoms with Crippen LogP contribution in [0.15, 0.2) is 17.2 Å². The number of sulfonamides is 1. The molecule has 1 aromatic rings. The summed E-state index contributed by atoms with van der Waals surface area (Å²) in [5.74, 6) is -0.344. The number of aromatic nitrogens is 1. The number of methoxy groups -OCH3 is 1. The van der Waals surface area contributed by atoms with Crippen LogP contribution in [0.25, 0.3) is 0 Å². The molecule has 1 amide bonds. The lowest BCUT2D eigenvalue weighted by molar-refractivity contribution is 0.0944. The van der Waals surface area contributed by atoms with E-state index in [2.05, 4.69) is 5.32 Å². The monoisotopic (exact) mass is 275 g/mol. The van der Waals surface area contributed by atoms with Crippen LogP contribution >= 0.6 is 0 Å². The van der Waals surface area contributed by atoms with Crippen molar-refractivity contribution in [1.82, 2.24) is 9.88 Å². The van der Waals surface area contributed by atoms with E-state index < -0.39 is 10.0 Å². The minimum absolute atomic E-state index is 0.0835. The minimum atomic E-state index is -3.82. The van der Waals surface area contributed by atoms with Gasteiger partial charge in [-0.3, -0.25) is 4.79 Å². The second-order valence-electron chi connectivity index (χ2n) is 3.65. The van der Waals surface area contributed by atoms with Crippen LogP contribution < -0.4 is 10.5 Å². The Morgan fingerprint density at radius 1 is 1.56 bits per heavy atom. The van der Waals surface area contributed by atoms with Gasteiger partial charge in [0.2, 0.25) is 10.0 Å². The number of nitrogens with one attached hydrogen (secondary N) is 1. The van der Waals surface area contributed by atoms with Crippen LogP contribution in [0.3, 0.4) is 0 Å². The van der Waals surface area contributed by atoms with Gasteiger partial charge in [0.25, 0.3) is 5.91 Å². The number of carbonyl (C=O) groups excluding carboxylic acids is 1. The first-order valence-electron chi connectivity index (χ1n) is 5.40. The molecular formula is C10H17N3O4S. The number of ether oxygens (including phenoxy) is 1. The Hall–Kier alpha value is -1.38. The van der Waals surface area contributed by atoms with Crippen molar-refractivity contribution < 1.29 is 17.9 Å². The smallest absolute Gasteiger partial charge is 0.267 e. The molecule has 0 saturated carbocycles. The van der Waals surface area contributed by atoms with Crippen molar-refractivity contribution in [2.45, 2.75) is 18.4 Å². The average molecular weight is 275 g/mol. The summed E-state index contributed by atoms with van der Waals surface area (Å²) in [5, 5.41) is 7.64. The SMILES string of the molecule is CCNC(=O)c1cc(S(N)(=O)=O)cn1CCOC. The van der Waals surface area contributed by atoms with Crippen LogP contribution in [0.5, 0.6) is 0 Å². The molecule has 0 radical (unpaired) electrons. The number of nitrogens with two attached hydrogens (primary N) is 1. The fourth-order valence-electron chi connectivity index (χ4n) is 1.46. The fraction of sp³-hybridized carbons (Fsp3) is 0.500. The van der Waals surface area contributed by atoms with E-state index >= 15 is 0 Å². The summed E-state index contributed by atoms with van der Waals surface area (Å²) < 4.78 is 28.9. The van der Waals surface area contributed by atoms with Gasteiger partial charge in [0.1, 0.15) is 10.6 Å². The quantitative estimate of drug-likeness (QED) is 0.732. The summed E-state index contributed by atoms with van der Waals surface area (Å²) in [6, 6.07) is 1.26. The highest BCUT2D eigenvalue weighted by Gasteiger charge is 2.18. The van der Waals surface area contributed by atoms with Crippen LogP contribution in [0, 0.1) is 0 Å². The van der Waals surface area contributed by atoms with E-state index in [1.165, 1.54) is 23.9 Å². The molecule has 0 unspecified atom stereocenters. The van der Waals surface area contributed by atoms with Gasteiger partial charge >= 0.3 is 0 Å². The van der Waals surface area contributed by atoms with E-state index in [1.807, 2.05) is 0 Å². The van der Waals surface area contributed by atoms with Crippen molar-refractivity contribution in [3.8, 4) is 0 Å². The third-order valence-electron chi connectivity index (χ3n) is 2.31. The van der Waals surface area contributed by atoms with Crippen molar-refractivity contribution in [1.29, 1.82) is 0 Å². The van der Waals surface area contributed by atoms with Gasteiger partial charge < -0.3 is 14.6 Å². The van der Waals surface area contributed by atoms with Crippen LogP contribution in [-0.2, 0) is 21.3 Å². The maximum absolute atomic E-state index is 11.8. The Kier molecular flexibility index (Phi) is 4.88. The van der Waals surface area contributed by atoms with Gasteiger partial charge in [-0.15, -0.1) is 0 Å². The third-order valence-corrected chi connectivity index (χ3v) is 3.19. The standard InChI is InChI=1S/C10H17N3O4S/c1-3-12-10(14)9-6-8(18(11,15)16)7-13(9)4-5-17-2/h6-7H,3-5H2,1-2H3,(H,12,14)(H2,11,15,16). The van der Waals surface area contributed by atoms with Crippen LogP contribution in [0.4, 0.5) is 0 Å². The van der Waals surface area contributed by atoms with Crippen molar-refractivity contribution >= 4 is 15.9 Å². The number of hydrogen-bond donors (Lipinski definition) is 2. The van der Waals surface area contributed by atoms with Gasteiger partial charge in [-0.25, -0.2) is 13.6 Å². The van der Waals surface area contributed by atoms with Crippen LogP contribution in [-0.4, -0.2) is 39.2 Å². The molecule has 0 spiro atoms. The molecule has 0 saturated heterocycles. The minimum Gasteiger partial charge on any atom is -0.383 e. The van der Waals surface area contributed by atoms with E-state index in [9.17, 15) is 13.2 Å².